The van der Waals surface area contributed by atoms with E-state index in [2.05, 4.69) is 21.9 Å². The minimum Gasteiger partial charge on any atom is -0.322 e. The molecule has 1 aromatic carbocycles. The van der Waals surface area contributed by atoms with Gasteiger partial charge in [-0.05, 0) is 41.8 Å². The minimum absolute atomic E-state index is 0.169. The molecular weight excluding hydrogens is 455 g/mol. The SMILES string of the molecule is C=CC(=O)Nc1cc2cccnc2c2ncccc12.O=C(CC(=O)C(F)(F)F)c1cccs1. The fraction of sp³-hybridized carbons (Fsp3) is 0.0870. The van der Waals surface area contributed by atoms with Crippen LogP contribution >= 0.6 is 11.3 Å². The van der Waals surface area contributed by atoms with Crippen LogP contribution in [0.25, 0.3) is 21.8 Å². The smallest absolute Gasteiger partial charge is 0.322 e. The number of nitrogens with zero attached hydrogens (tertiary/aromatic N) is 2. The second kappa shape index (κ2) is 10.1. The Balaban J connectivity index is 0.000000196. The number of anilines is 1. The maximum atomic E-state index is 11.8. The molecule has 0 fully saturated rings. The van der Waals surface area contributed by atoms with Gasteiger partial charge in [0.25, 0.3) is 0 Å². The summed E-state index contributed by atoms with van der Waals surface area (Å²) in [7, 11) is 0. The molecular formula is C23H16F3N3O3S. The lowest BCUT2D eigenvalue weighted by Gasteiger charge is -2.09. The van der Waals surface area contributed by atoms with E-state index in [1.165, 1.54) is 18.2 Å². The summed E-state index contributed by atoms with van der Waals surface area (Å²) in [5.74, 6) is -3.04. The van der Waals surface area contributed by atoms with Crippen LogP contribution in [0, 0.1) is 0 Å². The highest BCUT2D eigenvalue weighted by Gasteiger charge is 2.39. The zero-order chi connectivity index (χ0) is 24.0. The maximum absolute atomic E-state index is 11.8. The Kier molecular flexibility index (Phi) is 7.29. The van der Waals surface area contributed by atoms with Crippen LogP contribution in [-0.4, -0.2) is 33.6 Å². The van der Waals surface area contributed by atoms with E-state index in [-0.39, 0.29) is 10.8 Å². The number of benzene rings is 1. The zero-order valence-corrected chi connectivity index (χ0v) is 17.7. The number of nitrogens with one attached hydrogen (secondary N) is 1. The number of hydrogen-bond donors (Lipinski definition) is 1. The molecule has 0 aliphatic rings. The van der Waals surface area contributed by atoms with Crippen molar-refractivity contribution in [3.05, 3.63) is 77.8 Å². The molecule has 0 aliphatic heterocycles. The quantitative estimate of drug-likeness (QED) is 0.183. The highest BCUT2D eigenvalue weighted by Crippen LogP contribution is 2.29. The number of aromatic nitrogens is 2. The number of carbonyl (C=O) groups is 3. The Morgan fingerprint density at radius 2 is 1.73 bits per heavy atom. The fourth-order valence-electron chi connectivity index (χ4n) is 2.83. The molecule has 6 nitrogen and oxygen atoms in total. The molecule has 10 heteroatoms. The van der Waals surface area contributed by atoms with E-state index >= 15 is 0 Å². The first-order chi connectivity index (χ1) is 15.7. The maximum Gasteiger partial charge on any atom is 0.450 e. The van der Waals surface area contributed by atoms with E-state index in [0.29, 0.717) is 5.69 Å². The van der Waals surface area contributed by atoms with Crippen LogP contribution in [0.15, 0.2) is 72.9 Å². The van der Waals surface area contributed by atoms with Gasteiger partial charge in [0, 0.05) is 23.2 Å². The molecule has 3 heterocycles. The van der Waals surface area contributed by atoms with Gasteiger partial charge in [-0.1, -0.05) is 18.7 Å². The number of carbonyl (C=O) groups excluding carboxylic acids is 3. The molecule has 168 valence electrons. The largest absolute Gasteiger partial charge is 0.450 e. The van der Waals surface area contributed by atoms with E-state index in [1.807, 2.05) is 30.3 Å². The number of thiophene rings is 1. The lowest BCUT2D eigenvalue weighted by atomic mass is 10.1. The van der Waals surface area contributed by atoms with Gasteiger partial charge in [-0.15, -0.1) is 11.3 Å². The van der Waals surface area contributed by atoms with Crippen LogP contribution in [-0.2, 0) is 9.59 Å². The van der Waals surface area contributed by atoms with Gasteiger partial charge in [0.2, 0.25) is 11.7 Å². The van der Waals surface area contributed by atoms with Crippen LogP contribution < -0.4 is 5.32 Å². The number of fused-ring (bicyclic) bond motifs is 3. The van der Waals surface area contributed by atoms with E-state index in [0.717, 1.165) is 33.1 Å². The first-order valence-electron chi connectivity index (χ1n) is 9.43. The first-order valence-corrected chi connectivity index (χ1v) is 10.3. The second-order valence-corrected chi connectivity index (χ2v) is 7.54. The molecule has 0 bridgehead atoms. The van der Waals surface area contributed by atoms with Crippen molar-refractivity contribution in [2.75, 3.05) is 5.32 Å². The fourth-order valence-corrected chi connectivity index (χ4v) is 3.50. The van der Waals surface area contributed by atoms with Gasteiger partial charge in [-0.2, -0.15) is 13.2 Å². The van der Waals surface area contributed by atoms with Crippen molar-refractivity contribution in [1.82, 2.24) is 9.97 Å². The van der Waals surface area contributed by atoms with Crippen LogP contribution in [0.5, 0.6) is 0 Å². The molecule has 0 saturated carbocycles. The van der Waals surface area contributed by atoms with Gasteiger partial charge in [0.1, 0.15) is 0 Å². The van der Waals surface area contributed by atoms with Crippen molar-refractivity contribution in [2.24, 2.45) is 0 Å². The van der Waals surface area contributed by atoms with E-state index in [9.17, 15) is 27.6 Å². The van der Waals surface area contributed by atoms with Gasteiger partial charge in [-0.3, -0.25) is 24.4 Å². The van der Waals surface area contributed by atoms with Crippen LogP contribution in [0.2, 0.25) is 0 Å². The molecule has 0 radical (unpaired) electrons. The van der Waals surface area contributed by atoms with Crippen LogP contribution in [0.4, 0.5) is 18.9 Å². The molecule has 4 rings (SSSR count). The topological polar surface area (TPSA) is 89.0 Å². The molecule has 3 aromatic heterocycles. The van der Waals surface area contributed by atoms with E-state index in [4.69, 9.17) is 0 Å². The average molecular weight is 471 g/mol. The number of amides is 1. The monoisotopic (exact) mass is 471 g/mol. The van der Waals surface area contributed by atoms with Crippen molar-refractivity contribution >= 4 is 56.3 Å². The summed E-state index contributed by atoms with van der Waals surface area (Å²) >= 11 is 1.01. The Morgan fingerprint density at radius 1 is 1.03 bits per heavy atom. The summed E-state index contributed by atoms with van der Waals surface area (Å²) in [6.07, 6.45) is -1.33. The molecule has 1 N–H and O–H groups in total. The van der Waals surface area contributed by atoms with Crippen molar-refractivity contribution in [3.63, 3.8) is 0 Å². The number of halogens is 3. The zero-order valence-electron chi connectivity index (χ0n) is 16.9. The summed E-state index contributed by atoms with van der Waals surface area (Å²) in [5, 5.41) is 6.17. The third-order valence-electron chi connectivity index (χ3n) is 4.34. The predicted molar refractivity (Wildman–Crippen MR) is 120 cm³/mol. The van der Waals surface area contributed by atoms with Gasteiger partial charge >= 0.3 is 6.18 Å². The number of rotatable bonds is 5. The van der Waals surface area contributed by atoms with Crippen molar-refractivity contribution < 1.29 is 27.6 Å². The highest BCUT2D eigenvalue weighted by atomic mass is 32.1. The highest BCUT2D eigenvalue weighted by molar-refractivity contribution is 7.12. The Morgan fingerprint density at radius 3 is 2.36 bits per heavy atom. The van der Waals surface area contributed by atoms with Crippen LogP contribution in [0.1, 0.15) is 16.1 Å². The third kappa shape index (κ3) is 5.86. The average Bonchev–Trinajstić information content (AvgIpc) is 3.34. The summed E-state index contributed by atoms with van der Waals surface area (Å²) < 4.78 is 35.3. The van der Waals surface area contributed by atoms with E-state index in [1.54, 1.807) is 17.8 Å². The standard InChI is InChI=1S/C15H11N3O.C8H5F3O2S/c1-2-13(19)18-12-9-10-5-3-7-16-14(10)15-11(12)6-4-8-17-15;9-8(10,11)7(13)4-5(12)6-2-1-3-14-6/h2-9H,1H2,(H,18,19);1-3H,4H2. The second-order valence-electron chi connectivity index (χ2n) is 6.59. The van der Waals surface area contributed by atoms with Crippen molar-refractivity contribution in [2.45, 2.75) is 12.6 Å². The number of ketones is 2. The van der Waals surface area contributed by atoms with Crippen molar-refractivity contribution in [3.8, 4) is 0 Å². The molecule has 0 spiro atoms. The molecule has 0 atom stereocenters. The number of hydrogen-bond acceptors (Lipinski definition) is 6. The Hall–Kier alpha value is -3.92. The molecule has 0 unspecified atom stereocenters. The first kappa shape index (κ1) is 23.7. The lowest BCUT2D eigenvalue weighted by Crippen LogP contribution is -2.25. The summed E-state index contributed by atoms with van der Waals surface area (Å²) in [5.41, 5.74) is 2.32. The lowest BCUT2D eigenvalue weighted by molar-refractivity contribution is -0.170. The van der Waals surface area contributed by atoms with Crippen LogP contribution in [0.3, 0.4) is 0 Å². The summed E-state index contributed by atoms with van der Waals surface area (Å²) in [6, 6.07) is 12.4. The van der Waals surface area contributed by atoms with Crippen molar-refractivity contribution in [1.29, 1.82) is 0 Å². The number of Topliss-reactive ketones (excluding diaryl/α,β-unsaturated/α-hetero) is 2. The molecule has 1 amide bonds. The molecule has 0 saturated heterocycles. The minimum atomic E-state index is -4.92. The van der Waals surface area contributed by atoms with E-state index < -0.39 is 24.2 Å². The summed E-state index contributed by atoms with van der Waals surface area (Å²) in [6.45, 7) is 3.46. The molecule has 0 aliphatic carbocycles. The number of pyridine rings is 2. The van der Waals surface area contributed by atoms with Gasteiger partial charge in [0.15, 0.2) is 5.78 Å². The molecule has 33 heavy (non-hydrogen) atoms. The molecule has 4 aromatic rings. The van der Waals surface area contributed by atoms with Gasteiger partial charge < -0.3 is 5.32 Å². The normalized spacial score (nSPS) is 10.9. The summed E-state index contributed by atoms with van der Waals surface area (Å²) in [4.78, 5) is 41.9. The van der Waals surface area contributed by atoms with Gasteiger partial charge in [0.05, 0.1) is 28.0 Å². The Bertz CT molecular complexity index is 1340. The third-order valence-corrected chi connectivity index (χ3v) is 5.25. The van der Waals surface area contributed by atoms with Gasteiger partial charge in [-0.25, -0.2) is 0 Å². The number of alkyl halides is 3. The predicted octanol–water partition coefficient (Wildman–Crippen LogP) is 5.36. The Labute approximate surface area is 189 Å².